The minimum Gasteiger partial charge on any atom is -0.452 e. The monoisotopic (exact) mass is 395 g/mol. The van der Waals surface area contributed by atoms with Gasteiger partial charge in [0.15, 0.2) is 6.61 Å². The average Bonchev–Trinajstić information content (AvgIpc) is 2.57. The zero-order chi connectivity index (χ0) is 19.3. The lowest BCUT2D eigenvalue weighted by Gasteiger charge is -2.10. The third-order valence-electron chi connectivity index (χ3n) is 3.14. The number of amides is 2. The first-order valence-electron chi connectivity index (χ1n) is 7.35. The summed E-state index contributed by atoms with van der Waals surface area (Å²) in [6.45, 7) is 0.875. The Morgan fingerprint density at radius 1 is 1.04 bits per heavy atom. The fourth-order valence-corrected chi connectivity index (χ4v) is 2.49. The van der Waals surface area contributed by atoms with Crippen molar-refractivity contribution in [3.05, 3.63) is 52.0 Å². The molecule has 26 heavy (non-hydrogen) atoms. The number of carbonyl (C=O) groups excluding carboxylic acids is 3. The molecule has 2 rings (SSSR count). The van der Waals surface area contributed by atoms with Gasteiger partial charge in [0.1, 0.15) is 0 Å². The standard InChI is InChI=1S/C17H15Cl2N3O4/c1-9(23)21-11-2-4-12(5-3-11)22-15(24)8-26-17(25)13-6-10(18)7-14(19)16(13)20/h2-7H,8,20H2,1H3,(H,21,23)(H,22,24). The van der Waals surface area contributed by atoms with Gasteiger partial charge >= 0.3 is 5.97 Å². The van der Waals surface area contributed by atoms with E-state index in [2.05, 4.69) is 10.6 Å². The Bertz CT molecular complexity index is 854. The summed E-state index contributed by atoms with van der Waals surface area (Å²) < 4.78 is 4.92. The van der Waals surface area contributed by atoms with Crippen LogP contribution < -0.4 is 16.4 Å². The van der Waals surface area contributed by atoms with Crippen molar-refractivity contribution in [3.63, 3.8) is 0 Å². The Balaban J connectivity index is 1.92. The topological polar surface area (TPSA) is 111 Å². The molecule has 0 aliphatic heterocycles. The van der Waals surface area contributed by atoms with Gasteiger partial charge in [-0.1, -0.05) is 23.2 Å². The molecule has 0 radical (unpaired) electrons. The summed E-state index contributed by atoms with van der Waals surface area (Å²) in [6.07, 6.45) is 0. The molecule has 2 aromatic carbocycles. The fourth-order valence-electron chi connectivity index (χ4n) is 2.00. The second kappa shape index (κ2) is 8.55. The van der Waals surface area contributed by atoms with Gasteiger partial charge in [-0.2, -0.15) is 0 Å². The van der Waals surface area contributed by atoms with Crippen LogP contribution in [0.1, 0.15) is 17.3 Å². The smallest absolute Gasteiger partial charge is 0.340 e. The average molecular weight is 396 g/mol. The van der Waals surface area contributed by atoms with Gasteiger partial charge in [-0.3, -0.25) is 9.59 Å². The van der Waals surface area contributed by atoms with Crippen molar-refractivity contribution >= 4 is 58.0 Å². The molecule has 0 atom stereocenters. The molecule has 0 aromatic heterocycles. The molecule has 2 amide bonds. The van der Waals surface area contributed by atoms with E-state index in [9.17, 15) is 14.4 Å². The number of hydrogen-bond donors (Lipinski definition) is 3. The predicted octanol–water partition coefficient (Wildman–Crippen LogP) is 3.33. The van der Waals surface area contributed by atoms with Gasteiger partial charge in [-0.25, -0.2) is 4.79 Å². The molecule has 0 saturated heterocycles. The molecule has 7 nitrogen and oxygen atoms in total. The minimum atomic E-state index is -0.817. The highest BCUT2D eigenvalue weighted by Gasteiger charge is 2.16. The highest BCUT2D eigenvalue weighted by Crippen LogP contribution is 2.28. The van der Waals surface area contributed by atoms with E-state index in [1.165, 1.54) is 19.1 Å². The first-order chi connectivity index (χ1) is 12.3. The van der Waals surface area contributed by atoms with Crippen molar-refractivity contribution in [2.75, 3.05) is 23.0 Å². The molecule has 0 bridgehead atoms. The highest BCUT2D eigenvalue weighted by atomic mass is 35.5. The molecular weight excluding hydrogens is 381 g/mol. The number of rotatable bonds is 5. The van der Waals surface area contributed by atoms with Crippen LogP contribution in [0.15, 0.2) is 36.4 Å². The Hall–Kier alpha value is -2.77. The third kappa shape index (κ3) is 5.37. The van der Waals surface area contributed by atoms with Crippen LogP contribution >= 0.6 is 23.2 Å². The molecule has 0 fully saturated rings. The number of halogens is 2. The maximum atomic E-state index is 12.0. The van der Waals surface area contributed by atoms with Crippen LogP contribution in [0.4, 0.5) is 17.1 Å². The normalized spacial score (nSPS) is 10.1. The van der Waals surface area contributed by atoms with E-state index in [1.54, 1.807) is 24.3 Å². The van der Waals surface area contributed by atoms with E-state index in [-0.39, 0.29) is 27.2 Å². The molecule has 0 unspecified atom stereocenters. The van der Waals surface area contributed by atoms with E-state index in [4.69, 9.17) is 33.7 Å². The number of carbonyl (C=O) groups is 3. The number of nitrogens with one attached hydrogen (secondary N) is 2. The number of benzene rings is 2. The molecule has 0 heterocycles. The zero-order valence-electron chi connectivity index (χ0n) is 13.6. The Morgan fingerprint density at radius 2 is 1.62 bits per heavy atom. The molecular formula is C17H15Cl2N3O4. The van der Waals surface area contributed by atoms with Crippen LogP contribution in [-0.4, -0.2) is 24.4 Å². The summed E-state index contributed by atoms with van der Waals surface area (Å²) in [6, 6.07) is 9.14. The lowest BCUT2D eigenvalue weighted by molar-refractivity contribution is -0.119. The second-order valence-electron chi connectivity index (χ2n) is 5.23. The molecule has 2 aromatic rings. The first-order valence-corrected chi connectivity index (χ1v) is 8.11. The number of esters is 1. The van der Waals surface area contributed by atoms with Gasteiger partial charge in [-0.15, -0.1) is 0 Å². The Kier molecular flexibility index (Phi) is 6.43. The number of anilines is 3. The number of nitrogens with two attached hydrogens (primary N) is 1. The lowest BCUT2D eigenvalue weighted by atomic mass is 10.2. The van der Waals surface area contributed by atoms with Crippen molar-refractivity contribution in [3.8, 4) is 0 Å². The highest BCUT2D eigenvalue weighted by molar-refractivity contribution is 6.37. The Labute approximate surface area is 159 Å². The van der Waals surface area contributed by atoms with Gasteiger partial charge in [0.25, 0.3) is 5.91 Å². The van der Waals surface area contributed by atoms with Gasteiger partial charge in [-0.05, 0) is 36.4 Å². The molecule has 0 aliphatic rings. The summed E-state index contributed by atoms with van der Waals surface area (Å²) >= 11 is 11.7. The van der Waals surface area contributed by atoms with Gasteiger partial charge in [0.2, 0.25) is 5.91 Å². The number of hydrogen-bond acceptors (Lipinski definition) is 5. The van der Waals surface area contributed by atoms with Crippen molar-refractivity contribution in [1.82, 2.24) is 0 Å². The summed E-state index contributed by atoms with van der Waals surface area (Å²) in [5, 5.41) is 5.50. The maximum Gasteiger partial charge on any atom is 0.340 e. The number of ether oxygens (including phenoxy) is 1. The van der Waals surface area contributed by atoms with Crippen LogP contribution in [0.25, 0.3) is 0 Å². The van der Waals surface area contributed by atoms with E-state index in [1.807, 2.05) is 0 Å². The summed E-state index contributed by atoms with van der Waals surface area (Å²) in [5.41, 5.74) is 6.78. The number of nitrogen functional groups attached to an aromatic ring is 1. The summed E-state index contributed by atoms with van der Waals surface area (Å²) in [4.78, 5) is 34.9. The van der Waals surface area contributed by atoms with E-state index < -0.39 is 18.5 Å². The SMILES string of the molecule is CC(=O)Nc1ccc(NC(=O)COC(=O)c2cc(Cl)cc(Cl)c2N)cc1. The van der Waals surface area contributed by atoms with Crippen LogP contribution in [0.3, 0.4) is 0 Å². The van der Waals surface area contributed by atoms with Crippen molar-refractivity contribution < 1.29 is 19.1 Å². The lowest BCUT2D eigenvalue weighted by Crippen LogP contribution is -2.21. The van der Waals surface area contributed by atoms with Crippen molar-refractivity contribution in [1.29, 1.82) is 0 Å². The maximum absolute atomic E-state index is 12.0. The van der Waals surface area contributed by atoms with E-state index in [0.29, 0.717) is 11.4 Å². The van der Waals surface area contributed by atoms with Crippen LogP contribution in [0, 0.1) is 0 Å². The molecule has 136 valence electrons. The van der Waals surface area contributed by atoms with E-state index in [0.717, 1.165) is 0 Å². The zero-order valence-corrected chi connectivity index (χ0v) is 15.1. The van der Waals surface area contributed by atoms with Crippen LogP contribution in [-0.2, 0) is 14.3 Å². The van der Waals surface area contributed by atoms with Gasteiger partial charge < -0.3 is 21.1 Å². The molecule has 0 spiro atoms. The molecule has 4 N–H and O–H groups in total. The molecule has 0 saturated carbocycles. The van der Waals surface area contributed by atoms with Gasteiger partial charge in [0.05, 0.1) is 16.3 Å². The Morgan fingerprint density at radius 3 is 2.19 bits per heavy atom. The van der Waals surface area contributed by atoms with Crippen molar-refractivity contribution in [2.45, 2.75) is 6.92 Å². The van der Waals surface area contributed by atoms with Crippen LogP contribution in [0.5, 0.6) is 0 Å². The van der Waals surface area contributed by atoms with Crippen molar-refractivity contribution in [2.24, 2.45) is 0 Å². The fraction of sp³-hybridized carbons (Fsp3) is 0.118. The molecule has 0 aliphatic carbocycles. The van der Waals surface area contributed by atoms with E-state index >= 15 is 0 Å². The predicted molar refractivity (Wildman–Crippen MR) is 101 cm³/mol. The summed E-state index contributed by atoms with van der Waals surface area (Å²) in [7, 11) is 0. The minimum absolute atomic E-state index is 0.0186. The van der Waals surface area contributed by atoms with Crippen LogP contribution in [0.2, 0.25) is 10.0 Å². The summed E-state index contributed by atoms with van der Waals surface area (Å²) in [5.74, 6) is -1.56. The largest absolute Gasteiger partial charge is 0.452 e. The first kappa shape index (κ1) is 19.6. The quantitative estimate of drug-likeness (QED) is 0.531. The third-order valence-corrected chi connectivity index (χ3v) is 3.67. The van der Waals surface area contributed by atoms with Gasteiger partial charge in [0, 0.05) is 23.3 Å². The second-order valence-corrected chi connectivity index (χ2v) is 6.08. The molecule has 9 heteroatoms.